The summed E-state index contributed by atoms with van der Waals surface area (Å²) in [6.07, 6.45) is 1.30. The monoisotopic (exact) mass is 526 g/mol. The van der Waals surface area contributed by atoms with Gasteiger partial charge < -0.3 is 9.47 Å². The van der Waals surface area contributed by atoms with E-state index in [4.69, 9.17) is 9.47 Å². The number of ether oxygens (including phenoxy) is 2. The van der Waals surface area contributed by atoms with Crippen molar-refractivity contribution in [1.82, 2.24) is 9.36 Å². The number of nitrogens with one attached hydrogen (secondary N) is 1. The first kappa shape index (κ1) is 26.5. The number of amides is 1. The standard InChI is InChI=1S/C24H22N4O6S2/c1-15(2)14-36(31,32)24-27-23(35-28-24)26-21(29)18(13-25)11-16-9-10-19(20(12-16)33-3)34-22(30)17-7-5-4-6-8-17/h4-12,15H,14H2,1-3H3,(H,26,27,28,29). The van der Waals surface area contributed by atoms with E-state index in [0.717, 1.165) is 0 Å². The molecule has 1 N–H and O–H groups in total. The summed E-state index contributed by atoms with van der Waals surface area (Å²) in [6.45, 7) is 3.51. The molecule has 3 aromatic rings. The third-order valence-electron chi connectivity index (χ3n) is 4.53. The number of benzene rings is 2. The van der Waals surface area contributed by atoms with Gasteiger partial charge in [0.2, 0.25) is 15.0 Å². The molecule has 12 heteroatoms. The second-order valence-corrected chi connectivity index (χ2v) is 10.5. The molecule has 1 heterocycles. The van der Waals surface area contributed by atoms with E-state index in [-0.39, 0.29) is 39.0 Å². The molecule has 0 spiro atoms. The average Bonchev–Trinajstić information content (AvgIpc) is 3.32. The molecule has 0 saturated carbocycles. The van der Waals surface area contributed by atoms with E-state index >= 15 is 0 Å². The van der Waals surface area contributed by atoms with E-state index in [9.17, 15) is 23.3 Å². The molecule has 186 valence electrons. The van der Waals surface area contributed by atoms with Gasteiger partial charge in [-0.3, -0.25) is 10.1 Å². The summed E-state index contributed by atoms with van der Waals surface area (Å²) >= 11 is 0.701. The van der Waals surface area contributed by atoms with Crippen molar-refractivity contribution in [2.24, 2.45) is 5.92 Å². The SMILES string of the molecule is COc1cc(C=C(C#N)C(=O)Nc2nc(S(=O)(=O)CC(C)C)ns2)ccc1OC(=O)c1ccccc1. The molecule has 0 saturated heterocycles. The van der Waals surface area contributed by atoms with E-state index in [2.05, 4.69) is 14.7 Å². The lowest BCUT2D eigenvalue weighted by Crippen LogP contribution is -2.15. The predicted octanol–water partition coefficient (Wildman–Crippen LogP) is 3.74. The van der Waals surface area contributed by atoms with Crippen LogP contribution < -0.4 is 14.8 Å². The number of esters is 1. The van der Waals surface area contributed by atoms with Gasteiger partial charge in [-0.25, -0.2) is 13.2 Å². The minimum atomic E-state index is -3.68. The minimum Gasteiger partial charge on any atom is -0.493 e. The summed E-state index contributed by atoms with van der Waals surface area (Å²) in [5.41, 5.74) is 0.521. The van der Waals surface area contributed by atoms with Crippen LogP contribution in [0.5, 0.6) is 11.5 Å². The third kappa shape index (κ3) is 6.74. The molecule has 0 aliphatic heterocycles. The Kier molecular flexibility index (Phi) is 8.52. The number of methoxy groups -OCH3 is 1. The first-order valence-corrected chi connectivity index (χ1v) is 13.0. The van der Waals surface area contributed by atoms with Crippen LogP contribution >= 0.6 is 11.5 Å². The van der Waals surface area contributed by atoms with Crippen molar-refractivity contribution >= 4 is 44.5 Å². The number of carbonyl (C=O) groups is 2. The van der Waals surface area contributed by atoms with Gasteiger partial charge in [-0.15, -0.1) is 0 Å². The van der Waals surface area contributed by atoms with Gasteiger partial charge in [-0.1, -0.05) is 38.1 Å². The fourth-order valence-corrected chi connectivity index (χ4v) is 5.32. The molecule has 0 fully saturated rings. The van der Waals surface area contributed by atoms with Crippen LogP contribution in [0.1, 0.15) is 29.8 Å². The number of anilines is 1. The van der Waals surface area contributed by atoms with Gasteiger partial charge in [0.1, 0.15) is 11.6 Å². The molecule has 10 nitrogen and oxygen atoms in total. The van der Waals surface area contributed by atoms with Crippen molar-refractivity contribution in [2.75, 3.05) is 18.2 Å². The Bertz CT molecular complexity index is 1440. The van der Waals surface area contributed by atoms with Gasteiger partial charge in [-0.2, -0.15) is 14.6 Å². The highest BCUT2D eigenvalue weighted by atomic mass is 32.2. The quantitative estimate of drug-likeness (QED) is 0.190. The highest BCUT2D eigenvalue weighted by molar-refractivity contribution is 7.91. The van der Waals surface area contributed by atoms with E-state index in [1.807, 2.05) is 0 Å². The normalized spacial score (nSPS) is 11.6. The Balaban J connectivity index is 1.76. The first-order valence-electron chi connectivity index (χ1n) is 10.6. The van der Waals surface area contributed by atoms with Gasteiger partial charge >= 0.3 is 5.97 Å². The van der Waals surface area contributed by atoms with Gasteiger partial charge in [0.25, 0.3) is 11.1 Å². The molecule has 0 aliphatic carbocycles. The highest BCUT2D eigenvalue weighted by Gasteiger charge is 2.23. The Hall–Kier alpha value is -4.08. The van der Waals surface area contributed by atoms with Crippen LogP contribution in [-0.4, -0.2) is 42.5 Å². The van der Waals surface area contributed by atoms with Crippen LogP contribution in [0, 0.1) is 17.2 Å². The van der Waals surface area contributed by atoms with E-state index in [1.54, 1.807) is 56.3 Å². The molecule has 1 amide bonds. The fourth-order valence-electron chi connectivity index (χ4n) is 2.97. The zero-order valence-electron chi connectivity index (χ0n) is 19.6. The Labute approximate surface area is 212 Å². The van der Waals surface area contributed by atoms with Crippen LogP contribution in [-0.2, 0) is 14.6 Å². The van der Waals surface area contributed by atoms with Crippen LogP contribution in [0.2, 0.25) is 0 Å². The number of nitriles is 1. The van der Waals surface area contributed by atoms with Crippen LogP contribution in [0.15, 0.2) is 59.3 Å². The molecular weight excluding hydrogens is 504 g/mol. The van der Waals surface area contributed by atoms with E-state index in [0.29, 0.717) is 22.7 Å². The van der Waals surface area contributed by atoms with Crippen LogP contribution in [0.3, 0.4) is 0 Å². The maximum absolute atomic E-state index is 12.6. The van der Waals surface area contributed by atoms with Crippen molar-refractivity contribution < 1.29 is 27.5 Å². The summed E-state index contributed by atoms with van der Waals surface area (Å²) in [5, 5.41) is 11.5. The van der Waals surface area contributed by atoms with Gasteiger partial charge in [0.05, 0.1) is 18.4 Å². The summed E-state index contributed by atoms with van der Waals surface area (Å²) in [4.78, 5) is 28.8. The van der Waals surface area contributed by atoms with E-state index in [1.165, 1.54) is 25.3 Å². The summed E-state index contributed by atoms with van der Waals surface area (Å²) in [6, 6.07) is 14.8. The molecule has 1 aromatic heterocycles. The number of carbonyl (C=O) groups excluding carboxylic acids is 2. The Morgan fingerprint density at radius 1 is 1.17 bits per heavy atom. The molecule has 0 aliphatic rings. The minimum absolute atomic E-state index is 0.0516. The zero-order valence-corrected chi connectivity index (χ0v) is 21.2. The first-order chi connectivity index (χ1) is 17.1. The van der Waals surface area contributed by atoms with E-state index < -0.39 is 21.7 Å². The van der Waals surface area contributed by atoms with Crippen molar-refractivity contribution in [1.29, 1.82) is 5.26 Å². The number of aromatic nitrogens is 2. The largest absolute Gasteiger partial charge is 0.493 e. The molecular formula is C24H22N4O6S2. The molecule has 0 radical (unpaired) electrons. The number of sulfone groups is 1. The third-order valence-corrected chi connectivity index (χ3v) is 7.13. The maximum atomic E-state index is 12.6. The molecule has 0 atom stereocenters. The average molecular weight is 527 g/mol. The van der Waals surface area contributed by atoms with Gasteiger partial charge in [-0.05, 0) is 41.8 Å². The lowest BCUT2D eigenvalue weighted by molar-refractivity contribution is -0.112. The maximum Gasteiger partial charge on any atom is 0.343 e. The molecule has 3 rings (SSSR count). The smallest absolute Gasteiger partial charge is 0.343 e. The van der Waals surface area contributed by atoms with Crippen molar-refractivity contribution in [2.45, 2.75) is 19.0 Å². The number of hydrogen-bond acceptors (Lipinski definition) is 10. The molecule has 0 unspecified atom stereocenters. The summed E-state index contributed by atoms with van der Waals surface area (Å²) < 4.78 is 39.0. The lowest BCUT2D eigenvalue weighted by Gasteiger charge is -2.10. The van der Waals surface area contributed by atoms with Gasteiger partial charge in [0.15, 0.2) is 11.5 Å². The Morgan fingerprint density at radius 2 is 1.89 bits per heavy atom. The fraction of sp³-hybridized carbons (Fsp3) is 0.208. The number of hydrogen-bond donors (Lipinski definition) is 1. The second-order valence-electron chi connectivity index (χ2n) is 7.85. The lowest BCUT2D eigenvalue weighted by atomic mass is 10.1. The van der Waals surface area contributed by atoms with Crippen molar-refractivity contribution in [3.05, 3.63) is 65.2 Å². The van der Waals surface area contributed by atoms with Crippen LogP contribution in [0.25, 0.3) is 6.08 Å². The molecule has 36 heavy (non-hydrogen) atoms. The highest BCUT2D eigenvalue weighted by Crippen LogP contribution is 2.30. The molecule has 0 bridgehead atoms. The number of rotatable bonds is 9. The molecule has 2 aromatic carbocycles. The predicted molar refractivity (Wildman–Crippen MR) is 133 cm³/mol. The second kappa shape index (κ2) is 11.6. The van der Waals surface area contributed by atoms with Crippen molar-refractivity contribution in [3.8, 4) is 17.6 Å². The van der Waals surface area contributed by atoms with Crippen molar-refractivity contribution in [3.63, 3.8) is 0 Å². The van der Waals surface area contributed by atoms with Gasteiger partial charge in [0, 0.05) is 11.5 Å². The summed E-state index contributed by atoms with van der Waals surface area (Å²) in [5.74, 6) is -1.22. The number of nitrogens with zero attached hydrogens (tertiary/aromatic N) is 3. The van der Waals surface area contributed by atoms with Crippen LogP contribution in [0.4, 0.5) is 5.13 Å². The summed E-state index contributed by atoms with van der Waals surface area (Å²) in [7, 11) is -2.29. The zero-order chi connectivity index (χ0) is 26.3. The topological polar surface area (TPSA) is 148 Å². The Morgan fingerprint density at radius 3 is 2.53 bits per heavy atom.